The van der Waals surface area contributed by atoms with Crippen molar-refractivity contribution in [3.05, 3.63) is 41.1 Å². The lowest BCUT2D eigenvalue weighted by atomic mass is 9.99. The van der Waals surface area contributed by atoms with Gasteiger partial charge in [-0.05, 0) is 17.7 Å². The van der Waals surface area contributed by atoms with Crippen molar-refractivity contribution in [2.45, 2.75) is 55.6 Å². The number of nitrogens with zero attached hydrogens (tertiary/aromatic N) is 1. The third-order valence-corrected chi connectivity index (χ3v) is 6.64. The van der Waals surface area contributed by atoms with E-state index in [1.165, 1.54) is 35.1 Å². The van der Waals surface area contributed by atoms with Gasteiger partial charge in [-0.1, -0.05) is 0 Å². The molecule has 0 amide bonds. The van der Waals surface area contributed by atoms with Crippen LogP contribution in [0.4, 0.5) is 5.69 Å². The van der Waals surface area contributed by atoms with E-state index in [0.717, 1.165) is 0 Å². The topological polar surface area (TPSA) is 247 Å². The van der Waals surface area contributed by atoms with Crippen LogP contribution in [0.25, 0.3) is 0 Å². The Hall–Kier alpha value is -4.02. The van der Waals surface area contributed by atoms with E-state index in [4.69, 9.17) is 9.47 Å². The number of nitrogens with one attached hydrogen (secondary N) is 1. The lowest BCUT2D eigenvalue weighted by molar-refractivity contribution is -0.456. The van der Waals surface area contributed by atoms with Crippen LogP contribution in [0.3, 0.4) is 0 Å². The number of phenols is 1. The molecule has 1 aromatic rings. The molecule has 4 rings (SSSR count). The van der Waals surface area contributed by atoms with Crippen molar-refractivity contribution in [2.75, 3.05) is 6.61 Å². The van der Waals surface area contributed by atoms with E-state index in [0.29, 0.717) is 11.1 Å². The molecule has 39 heavy (non-hydrogen) atoms. The number of fused-ring (bicyclic) bond motifs is 1. The molecule has 210 valence electrons. The van der Waals surface area contributed by atoms with Gasteiger partial charge in [0.05, 0.1) is 19.1 Å². The van der Waals surface area contributed by atoms with Gasteiger partial charge in [0, 0.05) is 18.1 Å². The molecule has 15 nitrogen and oxygen atoms in total. The Bertz CT molecular complexity index is 1270. The highest BCUT2D eigenvalue weighted by Crippen LogP contribution is 2.40. The fourth-order valence-electron chi connectivity index (χ4n) is 4.58. The quantitative estimate of drug-likeness (QED) is 0.161. The summed E-state index contributed by atoms with van der Waals surface area (Å²) in [5.74, 6) is -4.55. The van der Waals surface area contributed by atoms with Crippen molar-refractivity contribution in [3.8, 4) is 11.5 Å². The number of rotatable bonds is 7. The van der Waals surface area contributed by atoms with Gasteiger partial charge < -0.3 is 55.6 Å². The van der Waals surface area contributed by atoms with Crippen LogP contribution in [0.15, 0.2) is 35.6 Å². The predicted octanol–water partition coefficient (Wildman–Crippen LogP) is -2.36. The van der Waals surface area contributed by atoms with E-state index >= 15 is 0 Å². The lowest BCUT2D eigenvalue weighted by Crippen LogP contribution is -2.60. The molecule has 3 aliphatic heterocycles. The zero-order valence-corrected chi connectivity index (χ0v) is 20.1. The van der Waals surface area contributed by atoms with E-state index in [9.17, 15) is 55.2 Å². The Kier molecular flexibility index (Phi) is 7.89. The molecular formula is C24H27N2O13+. The van der Waals surface area contributed by atoms with Gasteiger partial charge in [0.15, 0.2) is 17.7 Å². The zero-order chi connectivity index (χ0) is 28.6. The number of hydrogen-bond donors (Lipinski definition) is 9. The van der Waals surface area contributed by atoms with Crippen LogP contribution in [0.1, 0.15) is 12.0 Å². The average Bonchev–Trinajstić information content (AvgIpc) is 3.24. The normalized spacial score (nSPS) is 32.3. The predicted molar refractivity (Wildman–Crippen MR) is 127 cm³/mol. The lowest BCUT2D eigenvalue weighted by Gasteiger charge is -2.39. The summed E-state index contributed by atoms with van der Waals surface area (Å²) < 4.78 is 12.1. The third kappa shape index (κ3) is 5.57. The summed E-state index contributed by atoms with van der Waals surface area (Å²) in [6.45, 7) is -0.687. The molecular weight excluding hydrogens is 524 g/mol. The number of phenolic OH excluding ortho intramolecular Hbond substituents is 1. The molecule has 0 spiro atoms. The van der Waals surface area contributed by atoms with Crippen LogP contribution in [0.5, 0.6) is 11.5 Å². The van der Waals surface area contributed by atoms with Crippen molar-refractivity contribution >= 4 is 29.8 Å². The summed E-state index contributed by atoms with van der Waals surface area (Å²) in [4.78, 5) is 34.8. The molecule has 0 radical (unpaired) electrons. The van der Waals surface area contributed by atoms with Crippen LogP contribution < -0.4 is 10.1 Å². The maximum Gasteiger partial charge on any atom is 0.373 e. The first-order chi connectivity index (χ1) is 18.4. The summed E-state index contributed by atoms with van der Waals surface area (Å²) in [5, 5.41) is 80.9. The summed E-state index contributed by atoms with van der Waals surface area (Å²) in [5.41, 5.74) is 0.648. The zero-order valence-electron chi connectivity index (χ0n) is 20.1. The molecule has 0 saturated carbocycles. The minimum absolute atomic E-state index is 0.0504. The summed E-state index contributed by atoms with van der Waals surface area (Å²) in [7, 11) is 0. The molecule has 1 aromatic carbocycles. The maximum absolute atomic E-state index is 12.0. The number of aliphatic carboxylic acids is 3. The molecule has 1 fully saturated rings. The second-order valence-electron chi connectivity index (χ2n) is 9.22. The molecule has 0 aromatic heterocycles. The van der Waals surface area contributed by atoms with Gasteiger partial charge in [-0.15, -0.1) is 0 Å². The van der Waals surface area contributed by atoms with Gasteiger partial charge in [-0.3, -0.25) is 0 Å². The molecule has 1 unspecified atom stereocenters. The minimum atomic E-state index is -1.73. The molecule has 9 N–H and O–H groups in total. The SMILES string of the molecule is O=C(O)C1=C/C(=C/C=[N+]2c3cc(O)c(O[C@H]4OC(CO)[C@@H](O)[C@@H](O)[C@@H]4O)cc3C[C@@H]2C(=O)O)C[C@H](C(=O)O)N1. The van der Waals surface area contributed by atoms with Crippen LogP contribution >= 0.6 is 0 Å². The molecule has 7 atom stereocenters. The number of aliphatic hydroxyl groups is 4. The number of aliphatic hydroxyl groups excluding tert-OH is 4. The average molecular weight is 551 g/mol. The van der Waals surface area contributed by atoms with Gasteiger partial charge >= 0.3 is 17.9 Å². The summed E-state index contributed by atoms with van der Waals surface area (Å²) in [6.07, 6.45) is -4.03. The van der Waals surface area contributed by atoms with Crippen molar-refractivity contribution in [3.63, 3.8) is 0 Å². The van der Waals surface area contributed by atoms with Crippen molar-refractivity contribution in [2.24, 2.45) is 0 Å². The van der Waals surface area contributed by atoms with Crippen molar-refractivity contribution < 1.29 is 69.3 Å². The van der Waals surface area contributed by atoms with Gasteiger partial charge in [-0.2, -0.15) is 4.58 Å². The van der Waals surface area contributed by atoms with E-state index < -0.39 is 73.1 Å². The number of hydrogen-bond acceptors (Lipinski definition) is 11. The Morgan fingerprint density at radius 1 is 1.05 bits per heavy atom. The Balaban J connectivity index is 1.66. The van der Waals surface area contributed by atoms with Crippen LogP contribution in [-0.4, -0.2) is 119 Å². The largest absolute Gasteiger partial charge is 0.504 e. The van der Waals surface area contributed by atoms with Crippen molar-refractivity contribution in [1.29, 1.82) is 0 Å². The first-order valence-corrected chi connectivity index (χ1v) is 11.7. The van der Waals surface area contributed by atoms with E-state index in [2.05, 4.69) is 5.32 Å². The van der Waals surface area contributed by atoms with E-state index in [-0.39, 0.29) is 30.0 Å². The molecule has 0 bridgehead atoms. The molecule has 3 heterocycles. The highest BCUT2D eigenvalue weighted by Gasteiger charge is 2.46. The number of ether oxygens (including phenoxy) is 2. The fourth-order valence-corrected chi connectivity index (χ4v) is 4.58. The van der Waals surface area contributed by atoms with Gasteiger partial charge in [0.1, 0.15) is 36.2 Å². The Morgan fingerprint density at radius 3 is 2.38 bits per heavy atom. The highest BCUT2D eigenvalue weighted by molar-refractivity contribution is 5.89. The summed E-state index contributed by atoms with van der Waals surface area (Å²) in [6, 6.07) is 0.177. The van der Waals surface area contributed by atoms with Crippen molar-refractivity contribution in [1.82, 2.24) is 5.32 Å². The summed E-state index contributed by atoms with van der Waals surface area (Å²) >= 11 is 0. The molecule has 0 aliphatic carbocycles. The smallest absolute Gasteiger partial charge is 0.373 e. The number of allylic oxidation sites excluding steroid dienone is 2. The maximum atomic E-state index is 12.0. The van der Waals surface area contributed by atoms with E-state index in [1.54, 1.807) is 0 Å². The Labute approximate surface area is 219 Å². The molecule has 1 saturated heterocycles. The van der Waals surface area contributed by atoms with E-state index in [1.807, 2.05) is 0 Å². The van der Waals surface area contributed by atoms with Crippen LogP contribution in [-0.2, 0) is 25.5 Å². The fraction of sp³-hybridized carbons (Fsp3) is 0.417. The first kappa shape index (κ1) is 28.0. The highest BCUT2D eigenvalue weighted by atomic mass is 16.7. The standard InChI is InChI=1S/C24H26N2O13/c27-8-17-18(29)19(30)20(31)24(39-17)38-16-6-10-5-14(23(36)37)26(13(10)7-15(16)28)2-1-9-3-11(21(32)33)25-12(4-9)22(34)35/h1-3,6-7,12,14,17-20,24,27,29-31H,4-5,8H2,(H4,28,32,33,34,35,36,37)/p+1/t12-,14-,17?,18-,19-,20+,24+/m1/s1. The third-order valence-electron chi connectivity index (χ3n) is 6.64. The Morgan fingerprint density at radius 2 is 1.77 bits per heavy atom. The second kappa shape index (κ2) is 11.0. The molecule has 3 aliphatic rings. The second-order valence-corrected chi connectivity index (χ2v) is 9.22. The van der Waals surface area contributed by atoms with Gasteiger partial charge in [0.25, 0.3) is 6.04 Å². The van der Waals surface area contributed by atoms with Crippen LogP contribution in [0, 0.1) is 0 Å². The van der Waals surface area contributed by atoms with Crippen LogP contribution in [0.2, 0.25) is 0 Å². The first-order valence-electron chi connectivity index (χ1n) is 11.7. The van der Waals surface area contributed by atoms with Gasteiger partial charge in [-0.25, -0.2) is 14.4 Å². The number of carboxylic acids is 3. The van der Waals surface area contributed by atoms with Gasteiger partial charge in [0.2, 0.25) is 12.0 Å². The minimum Gasteiger partial charge on any atom is -0.504 e. The monoisotopic (exact) mass is 551 g/mol. The number of carbonyl (C=O) groups is 3. The number of aromatic hydroxyl groups is 1. The molecule has 15 heteroatoms. The number of benzene rings is 1. The number of carboxylic acid groups (broad SMARTS) is 3.